The molecule has 2 aromatic rings. The fourth-order valence-electron chi connectivity index (χ4n) is 2.46. The standard InChI is InChI=1S/C23H32N2O2Si2/c1-7-28(3,4)26-20-23(27-29(5,6)8-2)19-24-25(21-15-11-9-12-16-21)22-17-13-10-14-18-22/h7-19,23H,1-2,20H2,3-6H3/b24-19+/t23-/m1/s1. The summed E-state index contributed by atoms with van der Waals surface area (Å²) in [6.07, 6.45) is 1.57. The lowest BCUT2D eigenvalue weighted by Gasteiger charge is -2.28. The number of para-hydroxylation sites is 2. The van der Waals surface area contributed by atoms with Crippen molar-refractivity contribution >= 4 is 34.2 Å². The number of hydrogen-bond donors (Lipinski definition) is 0. The molecule has 0 N–H and O–H groups in total. The summed E-state index contributed by atoms with van der Waals surface area (Å²) in [5.41, 5.74) is 5.82. The van der Waals surface area contributed by atoms with Gasteiger partial charge in [-0.15, -0.1) is 13.2 Å². The van der Waals surface area contributed by atoms with Crippen LogP contribution in [0.3, 0.4) is 0 Å². The summed E-state index contributed by atoms with van der Waals surface area (Å²) in [5, 5.41) is 6.70. The summed E-state index contributed by atoms with van der Waals surface area (Å²) < 4.78 is 12.5. The molecule has 0 aliphatic heterocycles. The highest BCUT2D eigenvalue weighted by Gasteiger charge is 2.25. The minimum Gasteiger partial charge on any atom is -0.411 e. The molecule has 0 saturated carbocycles. The van der Waals surface area contributed by atoms with Crippen LogP contribution in [-0.4, -0.2) is 35.6 Å². The van der Waals surface area contributed by atoms with Gasteiger partial charge in [-0.05, 0) is 50.5 Å². The molecule has 6 heteroatoms. The number of rotatable bonds is 11. The summed E-state index contributed by atoms with van der Waals surface area (Å²) in [6.45, 7) is 16.7. The van der Waals surface area contributed by atoms with E-state index in [9.17, 15) is 0 Å². The van der Waals surface area contributed by atoms with Gasteiger partial charge in [0.25, 0.3) is 0 Å². The van der Waals surface area contributed by atoms with Crippen LogP contribution in [0.4, 0.5) is 11.4 Å². The molecule has 0 radical (unpaired) electrons. The molecule has 0 unspecified atom stereocenters. The van der Waals surface area contributed by atoms with E-state index in [4.69, 9.17) is 14.0 Å². The van der Waals surface area contributed by atoms with Gasteiger partial charge in [-0.2, -0.15) is 5.10 Å². The van der Waals surface area contributed by atoms with E-state index in [1.54, 1.807) is 0 Å². The zero-order valence-electron chi connectivity index (χ0n) is 17.9. The van der Waals surface area contributed by atoms with Gasteiger partial charge in [0.05, 0.1) is 24.2 Å². The summed E-state index contributed by atoms with van der Waals surface area (Å²) in [4.78, 5) is 0. The van der Waals surface area contributed by atoms with E-state index in [1.807, 2.05) is 83.3 Å². The molecule has 0 spiro atoms. The quantitative estimate of drug-likeness (QED) is 0.249. The average molecular weight is 425 g/mol. The van der Waals surface area contributed by atoms with Crippen LogP contribution < -0.4 is 5.01 Å². The highest BCUT2D eigenvalue weighted by molar-refractivity contribution is 6.76. The second-order valence-electron chi connectivity index (χ2n) is 7.83. The lowest BCUT2D eigenvalue weighted by Crippen LogP contribution is -2.40. The fourth-order valence-corrected chi connectivity index (χ4v) is 4.18. The molecular formula is C23H32N2O2Si2. The molecule has 0 bridgehead atoms. The monoisotopic (exact) mass is 424 g/mol. The van der Waals surface area contributed by atoms with Crippen molar-refractivity contribution in [3.63, 3.8) is 0 Å². The van der Waals surface area contributed by atoms with E-state index in [1.165, 1.54) is 0 Å². The minimum absolute atomic E-state index is 0.267. The van der Waals surface area contributed by atoms with E-state index in [2.05, 4.69) is 39.3 Å². The molecule has 0 aliphatic rings. The molecule has 0 amide bonds. The fraction of sp³-hybridized carbons (Fsp3) is 0.261. The van der Waals surface area contributed by atoms with Gasteiger partial charge in [-0.1, -0.05) is 47.8 Å². The Balaban J connectivity index is 2.30. The Hall–Kier alpha value is -2.26. The molecule has 29 heavy (non-hydrogen) atoms. The van der Waals surface area contributed by atoms with Crippen molar-refractivity contribution in [3.05, 3.63) is 85.2 Å². The van der Waals surface area contributed by atoms with Gasteiger partial charge < -0.3 is 8.85 Å². The second-order valence-corrected chi connectivity index (χ2v) is 15.6. The first-order valence-corrected chi connectivity index (χ1v) is 15.8. The van der Waals surface area contributed by atoms with E-state index < -0.39 is 16.6 Å². The molecular weight excluding hydrogens is 392 g/mol. The Morgan fingerprint density at radius 1 is 0.862 bits per heavy atom. The summed E-state index contributed by atoms with van der Waals surface area (Å²) in [7, 11) is -3.93. The third kappa shape index (κ3) is 7.58. The molecule has 0 aromatic heterocycles. The minimum atomic E-state index is -2.01. The van der Waals surface area contributed by atoms with Crippen LogP contribution in [0.2, 0.25) is 26.2 Å². The Morgan fingerprint density at radius 3 is 1.79 bits per heavy atom. The molecule has 1 atom stereocenters. The summed E-state index contributed by atoms with van der Waals surface area (Å²) >= 11 is 0. The van der Waals surface area contributed by atoms with Crippen LogP contribution in [0, 0.1) is 0 Å². The smallest absolute Gasteiger partial charge is 0.211 e. The van der Waals surface area contributed by atoms with Crippen molar-refractivity contribution in [1.29, 1.82) is 0 Å². The summed E-state index contributed by atoms with van der Waals surface area (Å²) in [6, 6.07) is 20.1. The van der Waals surface area contributed by atoms with E-state index in [-0.39, 0.29) is 6.10 Å². The van der Waals surface area contributed by atoms with Crippen LogP contribution >= 0.6 is 0 Å². The van der Waals surface area contributed by atoms with Gasteiger partial charge in [-0.25, -0.2) is 5.01 Å². The van der Waals surface area contributed by atoms with Gasteiger partial charge in [0.2, 0.25) is 16.6 Å². The van der Waals surface area contributed by atoms with E-state index >= 15 is 0 Å². The lowest BCUT2D eigenvalue weighted by molar-refractivity contribution is 0.173. The summed E-state index contributed by atoms with van der Waals surface area (Å²) in [5.74, 6) is 0. The zero-order valence-corrected chi connectivity index (χ0v) is 19.9. The van der Waals surface area contributed by atoms with Crippen molar-refractivity contribution in [2.45, 2.75) is 32.3 Å². The third-order valence-corrected chi connectivity index (χ3v) is 8.20. The third-order valence-electron chi connectivity index (χ3n) is 4.41. The van der Waals surface area contributed by atoms with Crippen LogP contribution in [0.5, 0.6) is 0 Å². The molecule has 0 heterocycles. The Labute approximate surface area is 177 Å². The first-order chi connectivity index (χ1) is 13.8. The first-order valence-electron chi connectivity index (χ1n) is 9.79. The number of benzene rings is 2. The Bertz CT molecular complexity index is 769. The Morgan fingerprint density at radius 2 is 1.34 bits per heavy atom. The van der Waals surface area contributed by atoms with E-state index in [0.29, 0.717) is 6.61 Å². The number of hydrazone groups is 1. The number of anilines is 2. The van der Waals surface area contributed by atoms with Crippen LogP contribution in [0.15, 0.2) is 90.3 Å². The number of nitrogens with zero attached hydrogens (tertiary/aromatic N) is 2. The molecule has 0 fully saturated rings. The average Bonchev–Trinajstić information content (AvgIpc) is 2.73. The van der Waals surface area contributed by atoms with Gasteiger partial charge in [0.1, 0.15) is 6.10 Å². The zero-order chi connectivity index (χ0) is 21.3. The second kappa shape index (κ2) is 10.5. The number of hydrogen-bond acceptors (Lipinski definition) is 4. The SMILES string of the molecule is C=C[Si](C)(C)OC[C@@H](/C=N/N(c1ccccc1)c1ccccc1)O[Si](C)(C)C=C. The maximum atomic E-state index is 6.36. The topological polar surface area (TPSA) is 34.1 Å². The van der Waals surface area contributed by atoms with Crippen molar-refractivity contribution in [1.82, 2.24) is 0 Å². The van der Waals surface area contributed by atoms with Crippen LogP contribution in [0.1, 0.15) is 0 Å². The van der Waals surface area contributed by atoms with Crippen molar-refractivity contribution in [2.24, 2.45) is 5.10 Å². The highest BCUT2D eigenvalue weighted by atomic mass is 28.4. The van der Waals surface area contributed by atoms with Gasteiger partial charge in [0.15, 0.2) is 0 Å². The Kier molecular flexibility index (Phi) is 8.34. The largest absolute Gasteiger partial charge is 0.411 e. The van der Waals surface area contributed by atoms with E-state index in [0.717, 1.165) is 11.4 Å². The first kappa shape index (κ1) is 23.0. The van der Waals surface area contributed by atoms with Gasteiger partial charge >= 0.3 is 0 Å². The normalized spacial score (nSPS) is 13.2. The van der Waals surface area contributed by atoms with Crippen LogP contribution in [0.25, 0.3) is 0 Å². The molecule has 2 aromatic carbocycles. The molecule has 4 nitrogen and oxygen atoms in total. The molecule has 0 aliphatic carbocycles. The van der Waals surface area contributed by atoms with Gasteiger partial charge in [-0.3, -0.25) is 0 Å². The van der Waals surface area contributed by atoms with Crippen molar-refractivity contribution in [3.8, 4) is 0 Å². The predicted molar refractivity (Wildman–Crippen MR) is 130 cm³/mol. The maximum absolute atomic E-state index is 6.36. The van der Waals surface area contributed by atoms with Crippen LogP contribution in [-0.2, 0) is 8.85 Å². The van der Waals surface area contributed by atoms with Crippen molar-refractivity contribution in [2.75, 3.05) is 11.6 Å². The predicted octanol–water partition coefficient (Wildman–Crippen LogP) is 6.07. The highest BCUT2D eigenvalue weighted by Crippen LogP contribution is 2.25. The van der Waals surface area contributed by atoms with Crippen molar-refractivity contribution < 1.29 is 8.85 Å². The molecule has 0 saturated heterocycles. The van der Waals surface area contributed by atoms with Gasteiger partial charge in [0, 0.05) is 0 Å². The molecule has 154 valence electrons. The maximum Gasteiger partial charge on any atom is 0.211 e. The lowest BCUT2D eigenvalue weighted by atomic mass is 10.2. The molecule has 2 rings (SSSR count).